The van der Waals surface area contributed by atoms with Gasteiger partial charge in [0.05, 0.1) is 0 Å². The van der Waals surface area contributed by atoms with Gasteiger partial charge in [-0.1, -0.05) is 44.2 Å². The zero-order valence-electron chi connectivity index (χ0n) is 15.6. The van der Waals surface area contributed by atoms with E-state index in [1.807, 2.05) is 24.3 Å². The maximum Gasteiger partial charge on any atom is 0.342 e. The summed E-state index contributed by atoms with van der Waals surface area (Å²) in [5.41, 5.74) is 2.37. The molecule has 0 saturated heterocycles. The zero-order chi connectivity index (χ0) is 19.3. The molecule has 2 aromatic carbocycles. The summed E-state index contributed by atoms with van der Waals surface area (Å²) < 4.78 is 5.22. The average Bonchev–Trinajstić information content (AvgIpc) is 2.63. The Bertz CT molecular complexity index is 800. The largest absolute Gasteiger partial charge is 0.507 e. The van der Waals surface area contributed by atoms with Crippen molar-refractivity contribution in [2.75, 3.05) is 5.32 Å². The number of para-hydroxylation sites is 2. The number of nitrogens with one attached hydrogen (secondary N) is 1. The molecule has 5 nitrogen and oxygen atoms in total. The first-order valence-corrected chi connectivity index (χ1v) is 8.74. The number of phenolic OH excluding ortho intramolecular Hbond substituents is 1. The fourth-order valence-electron chi connectivity index (χ4n) is 2.60. The smallest absolute Gasteiger partial charge is 0.342 e. The van der Waals surface area contributed by atoms with Crippen molar-refractivity contribution in [1.82, 2.24) is 0 Å². The second-order valence-electron chi connectivity index (χ2n) is 6.40. The number of phenols is 1. The summed E-state index contributed by atoms with van der Waals surface area (Å²) in [6, 6.07) is 12.4. The quantitative estimate of drug-likeness (QED) is 0.753. The minimum Gasteiger partial charge on any atom is -0.507 e. The van der Waals surface area contributed by atoms with Crippen LogP contribution in [0, 0.1) is 6.92 Å². The van der Waals surface area contributed by atoms with E-state index in [2.05, 4.69) is 19.2 Å². The SMILES string of the molecule is CC[C@@H](C)c1ccccc1NC(=O)[C@H](C)OC(=O)c1cccc(C)c1O. The van der Waals surface area contributed by atoms with Gasteiger partial charge in [0.2, 0.25) is 0 Å². The maximum atomic E-state index is 12.4. The number of amides is 1. The summed E-state index contributed by atoms with van der Waals surface area (Å²) in [7, 11) is 0. The Morgan fingerprint density at radius 1 is 1.12 bits per heavy atom. The molecule has 0 spiro atoms. The van der Waals surface area contributed by atoms with Crippen LogP contribution in [-0.2, 0) is 9.53 Å². The first-order valence-electron chi connectivity index (χ1n) is 8.74. The number of benzene rings is 2. The molecule has 0 aromatic heterocycles. The fraction of sp³-hybridized carbons (Fsp3) is 0.333. The molecular formula is C21H25NO4. The fourth-order valence-corrected chi connectivity index (χ4v) is 2.60. The van der Waals surface area contributed by atoms with E-state index in [9.17, 15) is 14.7 Å². The van der Waals surface area contributed by atoms with Gasteiger partial charge in [-0.2, -0.15) is 0 Å². The summed E-state index contributed by atoms with van der Waals surface area (Å²) in [6.45, 7) is 7.37. The first kappa shape index (κ1) is 19.5. The molecule has 2 atom stereocenters. The molecule has 2 N–H and O–H groups in total. The van der Waals surface area contributed by atoms with Crippen molar-refractivity contribution in [1.29, 1.82) is 0 Å². The molecule has 0 unspecified atom stereocenters. The van der Waals surface area contributed by atoms with Crippen LogP contribution in [0.2, 0.25) is 0 Å². The second kappa shape index (κ2) is 8.52. The molecule has 0 fully saturated rings. The first-order chi connectivity index (χ1) is 12.3. The Morgan fingerprint density at radius 2 is 1.81 bits per heavy atom. The number of carbonyl (C=O) groups is 2. The van der Waals surface area contributed by atoms with Crippen LogP contribution in [-0.4, -0.2) is 23.1 Å². The van der Waals surface area contributed by atoms with Crippen molar-refractivity contribution in [2.24, 2.45) is 0 Å². The molecule has 2 aromatic rings. The number of hydrogen-bond donors (Lipinski definition) is 2. The van der Waals surface area contributed by atoms with E-state index in [0.29, 0.717) is 17.2 Å². The van der Waals surface area contributed by atoms with Gasteiger partial charge in [0, 0.05) is 5.69 Å². The van der Waals surface area contributed by atoms with Crippen molar-refractivity contribution < 1.29 is 19.4 Å². The van der Waals surface area contributed by atoms with E-state index in [-0.39, 0.29) is 11.3 Å². The molecule has 0 aliphatic carbocycles. The van der Waals surface area contributed by atoms with Crippen molar-refractivity contribution in [3.05, 3.63) is 59.2 Å². The number of anilines is 1. The number of carbonyl (C=O) groups excluding carboxylic acids is 2. The van der Waals surface area contributed by atoms with Gasteiger partial charge in [-0.25, -0.2) is 4.79 Å². The van der Waals surface area contributed by atoms with Crippen LogP contribution in [0.3, 0.4) is 0 Å². The van der Waals surface area contributed by atoms with E-state index in [4.69, 9.17) is 4.74 Å². The number of aryl methyl sites for hydroxylation is 1. The van der Waals surface area contributed by atoms with Gasteiger partial charge in [-0.3, -0.25) is 4.79 Å². The van der Waals surface area contributed by atoms with Gasteiger partial charge in [-0.15, -0.1) is 0 Å². The Balaban J connectivity index is 2.09. The van der Waals surface area contributed by atoms with Gasteiger partial charge in [-0.05, 0) is 49.4 Å². The van der Waals surface area contributed by atoms with Crippen LogP contribution < -0.4 is 5.32 Å². The molecule has 0 aliphatic rings. The summed E-state index contributed by atoms with van der Waals surface area (Å²) in [4.78, 5) is 24.7. The molecule has 1 amide bonds. The predicted octanol–water partition coefficient (Wildman–Crippen LogP) is 4.40. The number of rotatable bonds is 6. The number of esters is 1. The van der Waals surface area contributed by atoms with Crippen molar-refractivity contribution >= 4 is 17.6 Å². The Labute approximate surface area is 154 Å². The van der Waals surface area contributed by atoms with Gasteiger partial charge >= 0.3 is 5.97 Å². The predicted molar refractivity (Wildman–Crippen MR) is 101 cm³/mol. The third-order valence-corrected chi connectivity index (χ3v) is 4.47. The Hall–Kier alpha value is -2.82. The van der Waals surface area contributed by atoms with Crippen molar-refractivity contribution in [3.8, 4) is 5.75 Å². The number of aromatic hydroxyl groups is 1. The van der Waals surface area contributed by atoms with E-state index < -0.39 is 18.0 Å². The van der Waals surface area contributed by atoms with Gasteiger partial charge < -0.3 is 15.2 Å². The molecule has 0 bridgehead atoms. The maximum absolute atomic E-state index is 12.4. The topological polar surface area (TPSA) is 75.6 Å². The van der Waals surface area contributed by atoms with E-state index in [0.717, 1.165) is 12.0 Å². The van der Waals surface area contributed by atoms with Crippen LogP contribution >= 0.6 is 0 Å². The lowest BCUT2D eigenvalue weighted by atomic mass is 9.97. The lowest BCUT2D eigenvalue weighted by Crippen LogP contribution is -2.30. The van der Waals surface area contributed by atoms with E-state index in [1.165, 1.54) is 13.0 Å². The highest BCUT2D eigenvalue weighted by atomic mass is 16.5. The summed E-state index contributed by atoms with van der Waals surface area (Å²) >= 11 is 0. The van der Waals surface area contributed by atoms with Crippen LogP contribution in [0.5, 0.6) is 5.75 Å². The van der Waals surface area contributed by atoms with Crippen LogP contribution in [0.25, 0.3) is 0 Å². The third kappa shape index (κ3) is 4.42. The van der Waals surface area contributed by atoms with E-state index >= 15 is 0 Å². The second-order valence-corrected chi connectivity index (χ2v) is 6.40. The standard InChI is InChI=1S/C21H25NO4/c1-5-13(2)16-10-6-7-12-18(16)22-20(24)15(4)26-21(25)17-11-8-9-14(3)19(17)23/h6-13,15,23H,5H2,1-4H3,(H,22,24)/t13-,15+/m1/s1. The molecule has 0 radical (unpaired) electrons. The third-order valence-electron chi connectivity index (χ3n) is 4.47. The highest BCUT2D eigenvalue weighted by Crippen LogP contribution is 2.27. The average molecular weight is 355 g/mol. The summed E-state index contributed by atoms with van der Waals surface area (Å²) in [5, 5.41) is 12.8. The molecule has 0 saturated carbocycles. The highest BCUT2D eigenvalue weighted by molar-refractivity contribution is 5.98. The molecule has 2 rings (SSSR count). The monoisotopic (exact) mass is 355 g/mol. The summed E-state index contributed by atoms with van der Waals surface area (Å²) in [6.07, 6.45) is -0.0447. The van der Waals surface area contributed by atoms with Gasteiger partial charge in [0.15, 0.2) is 6.10 Å². The number of ether oxygens (including phenoxy) is 1. The lowest BCUT2D eigenvalue weighted by molar-refractivity contribution is -0.123. The van der Waals surface area contributed by atoms with E-state index in [1.54, 1.807) is 19.1 Å². The molecule has 26 heavy (non-hydrogen) atoms. The molecule has 0 aliphatic heterocycles. The molecule has 138 valence electrons. The Kier molecular flexibility index (Phi) is 6.39. The molecule has 0 heterocycles. The van der Waals surface area contributed by atoms with Crippen LogP contribution in [0.15, 0.2) is 42.5 Å². The Morgan fingerprint density at radius 3 is 2.50 bits per heavy atom. The summed E-state index contributed by atoms with van der Waals surface area (Å²) in [5.74, 6) is -0.980. The number of hydrogen-bond acceptors (Lipinski definition) is 4. The van der Waals surface area contributed by atoms with Gasteiger partial charge in [0.25, 0.3) is 5.91 Å². The van der Waals surface area contributed by atoms with Crippen molar-refractivity contribution in [3.63, 3.8) is 0 Å². The van der Waals surface area contributed by atoms with Crippen LogP contribution in [0.4, 0.5) is 5.69 Å². The molecular weight excluding hydrogens is 330 g/mol. The highest BCUT2D eigenvalue weighted by Gasteiger charge is 2.22. The minimum absolute atomic E-state index is 0.0460. The van der Waals surface area contributed by atoms with Crippen molar-refractivity contribution in [2.45, 2.75) is 46.1 Å². The normalized spacial score (nSPS) is 12.9. The lowest BCUT2D eigenvalue weighted by Gasteiger charge is -2.18. The molecule has 5 heteroatoms. The van der Waals surface area contributed by atoms with Crippen LogP contribution in [0.1, 0.15) is 54.6 Å². The minimum atomic E-state index is -0.993. The zero-order valence-corrected chi connectivity index (χ0v) is 15.6. The van der Waals surface area contributed by atoms with Gasteiger partial charge in [0.1, 0.15) is 11.3 Å².